The van der Waals surface area contributed by atoms with Crippen LogP contribution in [-0.2, 0) is 19.1 Å². The van der Waals surface area contributed by atoms with E-state index in [1.54, 1.807) is 6.07 Å². The van der Waals surface area contributed by atoms with Gasteiger partial charge in [0.1, 0.15) is 11.5 Å². The molecule has 2 aliphatic rings. The van der Waals surface area contributed by atoms with Crippen molar-refractivity contribution in [2.24, 2.45) is 11.8 Å². The Kier molecular flexibility index (Phi) is 7.19. The summed E-state index contributed by atoms with van der Waals surface area (Å²) in [6, 6.07) is 3.65. The van der Waals surface area contributed by atoms with E-state index in [2.05, 4.69) is 10.2 Å². The van der Waals surface area contributed by atoms with Gasteiger partial charge in [0.05, 0.1) is 43.7 Å². The maximum Gasteiger partial charge on any atom is 0.309 e. The summed E-state index contributed by atoms with van der Waals surface area (Å²) in [4.78, 5) is 26.4. The standard InChI is InChI=1S/C21H30N2O6/c1-4-27-18-12-17(23-6-8-26-9-7-23)19(28-5-2)11-16(18)22-20(24)13-29-21(25)15-10-14(15)3/h11-12,14-15H,4-10,13H2,1-3H3,(H,22,24)/t14-,15-/m1/s1. The Bertz CT molecular complexity index is 732. The van der Waals surface area contributed by atoms with Gasteiger partial charge in [-0.05, 0) is 26.2 Å². The highest BCUT2D eigenvalue weighted by molar-refractivity contribution is 5.95. The largest absolute Gasteiger partial charge is 0.492 e. The van der Waals surface area contributed by atoms with E-state index in [4.69, 9.17) is 18.9 Å². The average molecular weight is 406 g/mol. The molecule has 160 valence electrons. The fourth-order valence-electron chi connectivity index (χ4n) is 3.32. The first-order valence-corrected chi connectivity index (χ1v) is 10.3. The summed E-state index contributed by atoms with van der Waals surface area (Å²) in [7, 11) is 0. The zero-order valence-corrected chi connectivity index (χ0v) is 17.4. The predicted molar refractivity (Wildman–Crippen MR) is 109 cm³/mol. The normalized spacial score (nSPS) is 20.7. The van der Waals surface area contributed by atoms with Gasteiger partial charge in [-0.3, -0.25) is 9.59 Å². The lowest BCUT2D eigenvalue weighted by molar-refractivity contribution is -0.148. The van der Waals surface area contributed by atoms with Gasteiger partial charge >= 0.3 is 5.97 Å². The number of nitrogens with zero attached hydrogens (tertiary/aromatic N) is 1. The van der Waals surface area contributed by atoms with Crippen molar-refractivity contribution < 1.29 is 28.5 Å². The number of carbonyl (C=O) groups excluding carboxylic acids is 2. The molecule has 8 nitrogen and oxygen atoms in total. The number of hydrogen-bond donors (Lipinski definition) is 1. The third kappa shape index (κ3) is 5.53. The molecule has 1 aromatic rings. The van der Waals surface area contributed by atoms with Gasteiger partial charge in [-0.2, -0.15) is 0 Å². The van der Waals surface area contributed by atoms with Crippen LogP contribution < -0.4 is 19.7 Å². The Hall–Kier alpha value is -2.48. The molecule has 1 saturated carbocycles. The van der Waals surface area contributed by atoms with Crippen molar-refractivity contribution in [2.75, 3.05) is 56.3 Å². The van der Waals surface area contributed by atoms with Crippen molar-refractivity contribution in [2.45, 2.75) is 27.2 Å². The number of anilines is 2. The second-order valence-electron chi connectivity index (χ2n) is 7.26. The molecule has 0 spiro atoms. The molecule has 0 radical (unpaired) electrons. The molecule has 1 heterocycles. The predicted octanol–water partition coefficient (Wildman–Crippen LogP) is 2.46. The van der Waals surface area contributed by atoms with E-state index in [-0.39, 0.29) is 18.5 Å². The smallest absolute Gasteiger partial charge is 0.309 e. The van der Waals surface area contributed by atoms with Gasteiger partial charge < -0.3 is 29.2 Å². The highest BCUT2D eigenvalue weighted by Crippen LogP contribution is 2.40. The summed E-state index contributed by atoms with van der Waals surface area (Å²) in [5.74, 6) is 0.769. The molecule has 1 N–H and O–H groups in total. The van der Waals surface area contributed by atoms with Crippen LogP contribution in [0.2, 0.25) is 0 Å². The minimum atomic E-state index is -0.408. The molecular formula is C21H30N2O6. The maximum absolute atomic E-state index is 12.3. The Balaban J connectivity index is 1.74. The number of esters is 1. The number of benzene rings is 1. The number of carbonyl (C=O) groups is 2. The Morgan fingerprint density at radius 1 is 1.14 bits per heavy atom. The summed E-state index contributed by atoms with van der Waals surface area (Å²) in [6.45, 7) is 9.24. The van der Waals surface area contributed by atoms with Crippen LogP contribution in [0.15, 0.2) is 12.1 Å². The molecule has 8 heteroatoms. The monoisotopic (exact) mass is 406 g/mol. The van der Waals surface area contributed by atoms with Crippen molar-refractivity contribution in [3.63, 3.8) is 0 Å². The summed E-state index contributed by atoms with van der Waals surface area (Å²) in [5.41, 5.74) is 1.40. The van der Waals surface area contributed by atoms with Gasteiger partial charge in [-0.15, -0.1) is 0 Å². The van der Waals surface area contributed by atoms with Gasteiger partial charge in [0.15, 0.2) is 6.61 Å². The summed E-state index contributed by atoms with van der Waals surface area (Å²) >= 11 is 0. The van der Waals surface area contributed by atoms with E-state index < -0.39 is 5.91 Å². The molecule has 0 aromatic heterocycles. The van der Waals surface area contributed by atoms with Crippen LogP contribution in [0.4, 0.5) is 11.4 Å². The third-order valence-electron chi connectivity index (χ3n) is 5.04. The first-order chi connectivity index (χ1) is 14.0. The van der Waals surface area contributed by atoms with E-state index in [0.29, 0.717) is 49.5 Å². The molecule has 2 fully saturated rings. The zero-order valence-electron chi connectivity index (χ0n) is 17.4. The first kappa shape index (κ1) is 21.2. The van der Waals surface area contributed by atoms with Gasteiger partial charge in [0.25, 0.3) is 5.91 Å². The molecule has 1 amide bonds. The lowest BCUT2D eigenvalue weighted by Crippen LogP contribution is -2.36. The van der Waals surface area contributed by atoms with E-state index in [0.717, 1.165) is 25.2 Å². The zero-order chi connectivity index (χ0) is 20.8. The van der Waals surface area contributed by atoms with E-state index in [1.165, 1.54) is 0 Å². The number of nitrogens with one attached hydrogen (secondary N) is 1. The van der Waals surface area contributed by atoms with Crippen molar-refractivity contribution in [1.29, 1.82) is 0 Å². The van der Waals surface area contributed by atoms with Crippen LogP contribution in [0.5, 0.6) is 11.5 Å². The molecule has 0 unspecified atom stereocenters. The second kappa shape index (κ2) is 9.82. The molecule has 0 bridgehead atoms. The van der Waals surface area contributed by atoms with Crippen LogP contribution >= 0.6 is 0 Å². The highest BCUT2D eigenvalue weighted by Gasteiger charge is 2.40. The van der Waals surface area contributed by atoms with Crippen molar-refractivity contribution in [3.05, 3.63) is 12.1 Å². The minimum Gasteiger partial charge on any atom is -0.492 e. The second-order valence-corrected chi connectivity index (χ2v) is 7.26. The lowest BCUT2D eigenvalue weighted by atomic mass is 10.2. The first-order valence-electron chi connectivity index (χ1n) is 10.3. The summed E-state index contributed by atoms with van der Waals surface area (Å²) in [6.07, 6.45) is 0.829. The van der Waals surface area contributed by atoms with Crippen LogP contribution in [0, 0.1) is 11.8 Å². The molecule has 2 atom stereocenters. The van der Waals surface area contributed by atoms with Crippen LogP contribution in [0.3, 0.4) is 0 Å². The van der Waals surface area contributed by atoms with Crippen molar-refractivity contribution in [1.82, 2.24) is 0 Å². The van der Waals surface area contributed by atoms with Crippen molar-refractivity contribution >= 4 is 23.3 Å². The number of rotatable bonds is 9. The fraction of sp³-hybridized carbons (Fsp3) is 0.619. The quantitative estimate of drug-likeness (QED) is 0.631. The summed E-state index contributed by atoms with van der Waals surface area (Å²) in [5, 5.41) is 2.79. The Morgan fingerprint density at radius 3 is 2.41 bits per heavy atom. The van der Waals surface area contributed by atoms with E-state index >= 15 is 0 Å². The number of hydrogen-bond acceptors (Lipinski definition) is 7. The number of amides is 1. The van der Waals surface area contributed by atoms with Gasteiger partial charge in [0.2, 0.25) is 0 Å². The lowest BCUT2D eigenvalue weighted by Gasteiger charge is -2.31. The average Bonchev–Trinajstić information content (AvgIpc) is 3.45. The number of ether oxygens (including phenoxy) is 4. The van der Waals surface area contributed by atoms with Crippen LogP contribution in [-0.4, -0.2) is 58.0 Å². The molecule has 1 aliphatic carbocycles. The van der Waals surface area contributed by atoms with Crippen LogP contribution in [0.25, 0.3) is 0 Å². The molecular weight excluding hydrogens is 376 g/mol. The van der Waals surface area contributed by atoms with Crippen LogP contribution in [0.1, 0.15) is 27.2 Å². The Labute approximate surface area is 171 Å². The SMILES string of the molecule is CCOc1cc(N2CCOCC2)c(OCC)cc1NC(=O)COC(=O)[C@@H]1C[C@H]1C. The molecule has 1 aliphatic heterocycles. The van der Waals surface area contributed by atoms with Gasteiger partial charge in [-0.1, -0.05) is 6.92 Å². The maximum atomic E-state index is 12.3. The summed E-state index contributed by atoms with van der Waals surface area (Å²) < 4.78 is 22.1. The third-order valence-corrected chi connectivity index (χ3v) is 5.04. The topological polar surface area (TPSA) is 86.3 Å². The van der Waals surface area contributed by atoms with Crippen molar-refractivity contribution in [3.8, 4) is 11.5 Å². The molecule has 1 aromatic carbocycles. The molecule has 3 rings (SSSR count). The molecule has 1 saturated heterocycles. The highest BCUT2D eigenvalue weighted by atomic mass is 16.5. The van der Waals surface area contributed by atoms with E-state index in [1.807, 2.05) is 26.8 Å². The number of morpholine rings is 1. The minimum absolute atomic E-state index is 0.0702. The van der Waals surface area contributed by atoms with E-state index in [9.17, 15) is 9.59 Å². The fourth-order valence-corrected chi connectivity index (χ4v) is 3.32. The van der Waals surface area contributed by atoms with Gasteiger partial charge in [0, 0.05) is 25.2 Å². The Morgan fingerprint density at radius 2 is 1.79 bits per heavy atom. The van der Waals surface area contributed by atoms with Gasteiger partial charge in [-0.25, -0.2) is 0 Å². The molecule has 29 heavy (non-hydrogen) atoms.